The first-order valence-corrected chi connectivity index (χ1v) is 9.62. The first kappa shape index (κ1) is 16.9. The van der Waals surface area contributed by atoms with Crippen LogP contribution >= 0.6 is 11.3 Å². The Labute approximate surface area is 131 Å². The summed E-state index contributed by atoms with van der Waals surface area (Å²) in [7, 11) is -1.66. The summed E-state index contributed by atoms with van der Waals surface area (Å²) >= 11 is 1.39. The molecule has 1 aliphatic rings. The Morgan fingerprint density at radius 3 is 3.00 bits per heavy atom. The van der Waals surface area contributed by atoms with Crippen molar-refractivity contribution in [1.29, 1.82) is 0 Å². The molecule has 7 heteroatoms. The summed E-state index contributed by atoms with van der Waals surface area (Å²) < 4.78 is 32.4. The molecule has 1 aliphatic heterocycles. The fourth-order valence-corrected chi connectivity index (χ4v) is 5.57. The van der Waals surface area contributed by atoms with E-state index >= 15 is 0 Å². The molecule has 0 amide bonds. The number of sulfonamides is 1. The number of likely N-dealkylation sites (N-methyl/N-ethyl adjacent to an activating group) is 1. The lowest BCUT2D eigenvalue weighted by molar-refractivity contribution is 0.157. The van der Waals surface area contributed by atoms with Crippen LogP contribution < -0.4 is 5.32 Å². The normalized spacial score (nSPS) is 20.2. The summed E-state index contributed by atoms with van der Waals surface area (Å²) in [6, 6.07) is 3.67. The molecule has 1 N–H and O–H groups in total. The molecule has 1 atom stereocenters. The van der Waals surface area contributed by atoms with Gasteiger partial charge in [0, 0.05) is 25.1 Å². The maximum atomic E-state index is 12.6. The van der Waals surface area contributed by atoms with Crippen molar-refractivity contribution in [2.45, 2.75) is 24.0 Å². The Balaban J connectivity index is 2.00. The molecular formula is C14H24N2O3S2. The molecule has 0 bridgehead atoms. The zero-order valence-electron chi connectivity index (χ0n) is 12.7. The van der Waals surface area contributed by atoms with E-state index < -0.39 is 10.0 Å². The van der Waals surface area contributed by atoms with Crippen molar-refractivity contribution in [3.63, 3.8) is 0 Å². The summed E-state index contributed by atoms with van der Waals surface area (Å²) in [6.45, 7) is 5.68. The number of methoxy groups -OCH3 is 1. The van der Waals surface area contributed by atoms with Gasteiger partial charge in [-0.05, 0) is 44.0 Å². The molecule has 1 aromatic rings. The summed E-state index contributed by atoms with van der Waals surface area (Å²) in [5.74, 6) is 0.318. The molecule has 120 valence electrons. The second kappa shape index (κ2) is 7.69. The molecule has 0 aromatic carbocycles. The predicted octanol–water partition coefficient (Wildman–Crippen LogP) is 1.56. The number of hydrogen-bond donors (Lipinski definition) is 1. The van der Waals surface area contributed by atoms with Crippen molar-refractivity contribution >= 4 is 21.4 Å². The largest absolute Gasteiger partial charge is 0.384 e. The highest BCUT2D eigenvalue weighted by Crippen LogP contribution is 2.29. The van der Waals surface area contributed by atoms with Crippen LogP contribution in [0.3, 0.4) is 0 Å². The molecule has 1 unspecified atom stereocenters. The van der Waals surface area contributed by atoms with E-state index in [9.17, 15) is 8.42 Å². The first-order chi connectivity index (χ1) is 10.1. The van der Waals surface area contributed by atoms with E-state index in [2.05, 4.69) is 12.2 Å². The quantitative estimate of drug-likeness (QED) is 0.734. The van der Waals surface area contributed by atoms with Crippen molar-refractivity contribution in [3.05, 3.63) is 17.0 Å². The van der Waals surface area contributed by atoms with Crippen molar-refractivity contribution in [1.82, 2.24) is 9.62 Å². The Morgan fingerprint density at radius 1 is 1.48 bits per heavy atom. The van der Waals surface area contributed by atoms with Crippen LogP contribution in [-0.2, 0) is 21.2 Å². The molecule has 2 heterocycles. The van der Waals surface area contributed by atoms with Crippen LogP contribution in [0.1, 0.15) is 18.2 Å². The minimum atomic E-state index is -3.32. The van der Waals surface area contributed by atoms with Crippen LogP contribution in [0.5, 0.6) is 0 Å². The van der Waals surface area contributed by atoms with Gasteiger partial charge in [-0.2, -0.15) is 4.31 Å². The zero-order valence-corrected chi connectivity index (χ0v) is 14.3. The number of thiophene rings is 1. The predicted molar refractivity (Wildman–Crippen MR) is 85.3 cm³/mol. The third-order valence-electron chi connectivity index (χ3n) is 3.68. The number of nitrogens with zero attached hydrogens (tertiary/aromatic N) is 1. The molecule has 0 radical (unpaired) electrons. The molecule has 1 aromatic heterocycles. The fourth-order valence-electron chi connectivity index (χ4n) is 2.53. The minimum Gasteiger partial charge on any atom is -0.384 e. The van der Waals surface area contributed by atoms with Gasteiger partial charge < -0.3 is 10.1 Å². The molecule has 0 spiro atoms. The van der Waals surface area contributed by atoms with Gasteiger partial charge in [0.05, 0.1) is 6.61 Å². The Bertz CT molecular complexity index is 542. The number of ether oxygens (including phenoxy) is 1. The molecule has 0 aliphatic carbocycles. The van der Waals surface area contributed by atoms with Gasteiger partial charge in [0.15, 0.2) is 0 Å². The van der Waals surface area contributed by atoms with Crippen LogP contribution in [0.2, 0.25) is 0 Å². The van der Waals surface area contributed by atoms with Gasteiger partial charge in [0.25, 0.3) is 10.0 Å². The molecule has 1 saturated heterocycles. The average Bonchev–Trinajstić information content (AvgIpc) is 3.09. The zero-order chi connectivity index (χ0) is 15.3. The fraction of sp³-hybridized carbons (Fsp3) is 0.714. The molecule has 5 nitrogen and oxygen atoms in total. The minimum absolute atomic E-state index is 0.318. The van der Waals surface area contributed by atoms with Gasteiger partial charge in [0.2, 0.25) is 0 Å². The summed E-state index contributed by atoms with van der Waals surface area (Å²) in [5, 5.41) is 3.25. The Morgan fingerprint density at radius 2 is 2.29 bits per heavy atom. The molecular weight excluding hydrogens is 308 g/mol. The first-order valence-electron chi connectivity index (χ1n) is 7.36. The standard InChI is InChI=1S/C14H24N2O3S2/c1-3-15-8-6-13-4-5-14(20-13)21(17,18)16-9-7-12(10-16)11-19-2/h4-5,12,15H,3,6-11H2,1-2H3. The van der Waals surface area contributed by atoms with Crippen LogP contribution in [0.4, 0.5) is 0 Å². The molecule has 21 heavy (non-hydrogen) atoms. The highest BCUT2D eigenvalue weighted by molar-refractivity contribution is 7.91. The van der Waals surface area contributed by atoms with Gasteiger partial charge in [-0.3, -0.25) is 0 Å². The van der Waals surface area contributed by atoms with Crippen molar-refractivity contribution < 1.29 is 13.2 Å². The summed E-state index contributed by atoms with van der Waals surface area (Å²) in [5.41, 5.74) is 0. The van der Waals surface area contributed by atoms with E-state index in [1.165, 1.54) is 11.3 Å². The van der Waals surface area contributed by atoms with Crippen LogP contribution in [0.15, 0.2) is 16.3 Å². The maximum Gasteiger partial charge on any atom is 0.252 e. The van der Waals surface area contributed by atoms with Gasteiger partial charge in [-0.1, -0.05) is 6.92 Å². The second-order valence-electron chi connectivity index (χ2n) is 5.30. The van der Waals surface area contributed by atoms with E-state index in [-0.39, 0.29) is 0 Å². The van der Waals surface area contributed by atoms with Gasteiger partial charge in [-0.25, -0.2) is 8.42 Å². The lowest BCUT2D eigenvalue weighted by atomic mass is 10.1. The molecule has 1 fully saturated rings. The maximum absolute atomic E-state index is 12.6. The monoisotopic (exact) mass is 332 g/mol. The van der Waals surface area contributed by atoms with E-state index in [1.54, 1.807) is 17.5 Å². The van der Waals surface area contributed by atoms with E-state index in [4.69, 9.17) is 4.74 Å². The van der Waals surface area contributed by atoms with E-state index in [1.807, 2.05) is 6.07 Å². The average molecular weight is 332 g/mol. The smallest absolute Gasteiger partial charge is 0.252 e. The number of rotatable bonds is 8. The van der Waals surface area contributed by atoms with Crippen molar-refractivity contribution in [2.75, 3.05) is 39.9 Å². The Hall–Kier alpha value is -0.470. The summed E-state index contributed by atoms with van der Waals surface area (Å²) in [6.07, 6.45) is 1.76. The van der Waals surface area contributed by atoms with Gasteiger partial charge in [0.1, 0.15) is 4.21 Å². The second-order valence-corrected chi connectivity index (χ2v) is 8.63. The van der Waals surface area contributed by atoms with Crippen molar-refractivity contribution in [2.24, 2.45) is 5.92 Å². The van der Waals surface area contributed by atoms with Crippen LogP contribution in [-0.4, -0.2) is 52.6 Å². The molecule has 2 rings (SSSR count). The van der Waals surface area contributed by atoms with E-state index in [0.29, 0.717) is 29.8 Å². The van der Waals surface area contributed by atoms with Gasteiger partial charge >= 0.3 is 0 Å². The van der Waals surface area contributed by atoms with E-state index in [0.717, 1.165) is 30.8 Å². The third kappa shape index (κ3) is 4.26. The highest BCUT2D eigenvalue weighted by atomic mass is 32.2. The summed E-state index contributed by atoms with van der Waals surface area (Å²) in [4.78, 5) is 1.11. The highest BCUT2D eigenvalue weighted by Gasteiger charge is 2.33. The van der Waals surface area contributed by atoms with Crippen molar-refractivity contribution in [3.8, 4) is 0 Å². The lowest BCUT2D eigenvalue weighted by Crippen LogP contribution is -2.28. The number of nitrogens with one attached hydrogen (secondary N) is 1. The third-order valence-corrected chi connectivity index (χ3v) is 7.16. The topological polar surface area (TPSA) is 58.6 Å². The molecule has 0 saturated carbocycles. The SMILES string of the molecule is CCNCCc1ccc(S(=O)(=O)N2CCC(COC)C2)s1. The lowest BCUT2D eigenvalue weighted by Gasteiger charge is -2.15. The Kier molecular flexibility index (Phi) is 6.19. The van der Waals surface area contributed by atoms with Gasteiger partial charge in [-0.15, -0.1) is 11.3 Å². The van der Waals surface area contributed by atoms with Crippen LogP contribution in [0.25, 0.3) is 0 Å². The number of hydrogen-bond acceptors (Lipinski definition) is 5. The van der Waals surface area contributed by atoms with Crippen LogP contribution in [0, 0.1) is 5.92 Å².